The number of anilines is 1. The van der Waals surface area contributed by atoms with Crippen LogP contribution in [-0.2, 0) is 6.54 Å². The average Bonchev–Trinajstić information content (AvgIpc) is 3.50. The van der Waals surface area contributed by atoms with Gasteiger partial charge in [-0.1, -0.05) is 29.5 Å². The number of aromatic nitrogens is 5. The van der Waals surface area contributed by atoms with Crippen molar-refractivity contribution in [3.8, 4) is 17.0 Å². The topological polar surface area (TPSA) is 93.7 Å². The number of hydrogen-bond acceptors (Lipinski definition) is 8. The molecule has 0 amide bonds. The Morgan fingerprint density at radius 2 is 1.78 bits per heavy atom. The zero-order valence-corrected chi connectivity index (χ0v) is 17.8. The van der Waals surface area contributed by atoms with Crippen LogP contribution in [0.15, 0.2) is 83.7 Å². The summed E-state index contributed by atoms with van der Waals surface area (Å²) in [5.41, 5.74) is 4.38. The number of methoxy groups -OCH3 is 1. The zero-order chi connectivity index (χ0) is 21.9. The van der Waals surface area contributed by atoms with Gasteiger partial charge in [0, 0.05) is 24.0 Å². The molecule has 0 fully saturated rings. The lowest BCUT2D eigenvalue weighted by Gasteiger charge is -2.25. The molecule has 0 radical (unpaired) electrons. The zero-order valence-electron chi connectivity index (χ0n) is 17.8. The van der Waals surface area contributed by atoms with Gasteiger partial charge in [0.1, 0.15) is 12.1 Å². The molecule has 0 saturated carbocycles. The first-order valence-corrected chi connectivity index (χ1v) is 10.3. The van der Waals surface area contributed by atoms with E-state index in [0.29, 0.717) is 18.2 Å². The Morgan fingerprint density at radius 3 is 2.47 bits per heavy atom. The fraction of sp³-hybridized carbons (Fsp3) is 0.217. The van der Waals surface area contributed by atoms with Crippen molar-refractivity contribution in [1.29, 1.82) is 0 Å². The van der Waals surface area contributed by atoms with E-state index < -0.39 is 0 Å². The summed E-state index contributed by atoms with van der Waals surface area (Å²) >= 11 is 0. The maximum absolute atomic E-state index is 5.21. The minimum Gasteiger partial charge on any atom is -0.481 e. The van der Waals surface area contributed by atoms with E-state index in [2.05, 4.69) is 50.6 Å². The Kier molecular flexibility index (Phi) is 5.29. The largest absolute Gasteiger partial charge is 0.481 e. The molecule has 32 heavy (non-hydrogen) atoms. The minimum atomic E-state index is -0.199. The molecule has 0 bridgehead atoms. The Hall–Kier alpha value is -4.14. The summed E-state index contributed by atoms with van der Waals surface area (Å²) in [5.74, 6) is 1.26. The molecular formula is C23H22N8O. The molecule has 0 aliphatic carbocycles. The summed E-state index contributed by atoms with van der Waals surface area (Å²) in [6.07, 6.45) is 6.97. The van der Waals surface area contributed by atoms with Crippen molar-refractivity contribution in [2.24, 2.45) is 10.3 Å². The van der Waals surface area contributed by atoms with Gasteiger partial charge < -0.3 is 4.74 Å². The van der Waals surface area contributed by atoms with Crippen LogP contribution in [0.25, 0.3) is 11.1 Å². The minimum absolute atomic E-state index is 0.198. The molecule has 9 nitrogen and oxygen atoms in total. The fourth-order valence-corrected chi connectivity index (χ4v) is 3.86. The smallest absolute Gasteiger partial charge is 0.212 e. The van der Waals surface area contributed by atoms with Crippen LogP contribution in [0.4, 0.5) is 5.82 Å². The maximum Gasteiger partial charge on any atom is 0.212 e. The number of ether oxygens (including phenoxy) is 1. The molecule has 0 saturated heterocycles. The summed E-state index contributed by atoms with van der Waals surface area (Å²) < 4.78 is 5.21. The Morgan fingerprint density at radius 1 is 0.938 bits per heavy atom. The van der Waals surface area contributed by atoms with Gasteiger partial charge in [0.25, 0.3) is 0 Å². The van der Waals surface area contributed by atoms with E-state index in [4.69, 9.17) is 9.72 Å². The van der Waals surface area contributed by atoms with Crippen LogP contribution < -0.4 is 9.75 Å². The highest BCUT2D eigenvalue weighted by molar-refractivity contribution is 5.67. The number of nitrogens with zero attached hydrogens (tertiary/aromatic N) is 8. The molecule has 1 aromatic carbocycles. The third-order valence-corrected chi connectivity index (χ3v) is 5.49. The number of hydrogen-bond donors (Lipinski definition) is 0. The van der Waals surface area contributed by atoms with Crippen LogP contribution in [0, 0.1) is 6.92 Å². The molecule has 0 N–H and O–H groups in total. The van der Waals surface area contributed by atoms with Crippen molar-refractivity contribution in [2.75, 3.05) is 12.1 Å². The molecule has 2 unspecified atom stereocenters. The van der Waals surface area contributed by atoms with Crippen LogP contribution in [0.3, 0.4) is 0 Å². The Labute approximate surface area is 185 Å². The summed E-state index contributed by atoms with van der Waals surface area (Å²) in [4.78, 5) is 10.7. The van der Waals surface area contributed by atoms with Gasteiger partial charge in [-0.15, -0.1) is 0 Å². The highest BCUT2D eigenvalue weighted by Gasteiger charge is 2.36. The van der Waals surface area contributed by atoms with Crippen molar-refractivity contribution >= 4 is 5.82 Å². The summed E-state index contributed by atoms with van der Waals surface area (Å²) in [6.45, 7) is 2.59. The van der Waals surface area contributed by atoms with Gasteiger partial charge in [-0.2, -0.15) is 20.1 Å². The first-order valence-electron chi connectivity index (χ1n) is 10.3. The van der Waals surface area contributed by atoms with E-state index in [1.54, 1.807) is 30.5 Å². The highest BCUT2D eigenvalue weighted by Crippen LogP contribution is 2.37. The lowest BCUT2D eigenvalue weighted by Crippen LogP contribution is -2.30. The van der Waals surface area contributed by atoms with E-state index in [-0.39, 0.29) is 12.1 Å². The van der Waals surface area contributed by atoms with Crippen LogP contribution in [0.1, 0.15) is 17.2 Å². The molecule has 3 aromatic heterocycles. The molecule has 2 atom stereocenters. The third kappa shape index (κ3) is 3.80. The summed E-state index contributed by atoms with van der Waals surface area (Å²) in [7, 11) is 1.60. The van der Waals surface area contributed by atoms with Gasteiger partial charge in [0.15, 0.2) is 5.82 Å². The van der Waals surface area contributed by atoms with Crippen molar-refractivity contribution in [2.45, 2.75) is 25.6 Å². The molecule has 5 rings (SSSR count). The normalized spacial score (nSPS) is 17.6. The summed E-state index contributed by atoms with van der Waals surface area (Å²) in [5, 5.41) is 19.2. The highest BCUT2D eigenvalue weighted by atomic mass is 16.5. The molecule has 160 valence electrons. The second-order valence-electron chi connectivity index (χ2n) is 7.50. The van der Waals surface area contributed by atoms with Crippen LogP contribution in [0.2, 0.25) is 0 Å². The van der Waals surface area contributed by atoms with E-state index in [1.807, 2.05) is 41.5 Å². The molecule has 9 heteroatoms. The van der Waals surface area contributed by atoms with Crippen LogP contribution >= 0.6 is 0 Å². The van der Waals surface area contributed by atoms with E-state index in [1.165, 1.54) is 5.56 Å². The molecule has 4 aromatic rings. The number of aryl methyl sites for hydroxylation is 1. The third-order valence-electron chi connectivity index (χ3n) is 5.49. The van der Waals surface area contributed by atoms with E-state index in [0.717, 1.165) is 16.7 Å². The maximum atomic E-state index is 5.21. The molecule has 0 spiro atoms. The second kappa shape index (κ2) is 8.54. The SMILES string of the molecule is COc1ccc(C2C(Cn3nccn3)N=NN2c2ccc(-c3ccccc3C)cn2)cn1. The van der Waals surface area contributed by atoms with Crippen molar-refractivity contribution in [1.82, 2.24) is 25.0 Å². The Bertz CT molecular complexity index is 1210. The first-order chi connectivity index (χ1) is 15.7. The fourth-order valence-electron chi connectivity index (χ4n) is 3.86. The van der Waals surface area contributed by atoms with Crippen molar-refractivity contribution in [3.05, 3.63) is 84.4 Å². The molecule has 1 aliphatic rings. The summed E-state index contributed by atoms with van der Waals surface area (Å²) in [6, 6.07) is 15.7. The van der Waals surface area contributed by atoms with Crippen LogP contribution in [0.5, 0.6) is 5.88 Å². The van der Waals surface area contributed by atoms with Crippen LogP contribution in [-0.4, -0.2) is 38.1 Å². The van der Waals surface area contributed by atoms with Gasteiger partial charge in [0.05, 0.1) is 26.0 Å². The van der Waals surface area contributed by atoms with Crippen molar-refractivity contribution < 1.29 is 4.74 Å². The standard InChI is InChI=1S/C23H22N8O/c1-16-5-3-4-6-19(16)17-7-9-21(24-13-17)31-23(18-8-10-22(32-2)25-14-18)20(28-29-31)15-30-26-11-12-27-30/h3-14,20,23H,15H2,1-2H3. The predicted octanol–water partition coefficient (Wildman–Crippen LogP) is 4.05. The quantitative estimate of drug-likeness (QED) is 0.462. The van der Waals surface area contributed by atoms with Crippen molar-refractivity contribution in [3.63, 3.8) is 0 Å². The van der Waals surface area contributed by atoms with Gasteiger partial charge in [0.2, 0.25) is 5.88 Å². The molecule has 1 aliphatic heterocycles. The van der Waals surface area contributed by atoms with E-state index >= 15 is 0 Å². The number of pyridine rings is 2. The number of rotatable bonds is 6. The van der Waals surface area contributed by atoms with Gasteiger partial charge in [-0.25, -0.2) is 15.0 Å². The lowest BCUT2D eigenvalue weighted by molar-refractivity contribution is 0.396. The lowest BCUT2D eigenvalue weighted by atomic mass is 10.0. The monoisotopic (exact) mass is 426 g/mol. The number of benzene rings is 1. The van der Waals surface area contributed by atoms with E-state index in [9.17, 15) is 0 Å². The van der Waals surface area contributed by atoms with Gasteiger partial charge in [-0.3, -0.25) is 0 Å². The predicted molar refractivity (Wildman–Crippen MR) is 119 cm³/mol. The second-order valence-corrected chi connectivity index (χ2v) is 7.50. The molecular weight excluding hydrogens is 404 g/mol. The van der Waals surface area contributed by atoms with Gasteiger partial charge in [-0.05, 0) is 41.8 Å². The Balaban J connectivity index is 1.47. The van der Waals surface area contributed by atoms with Gasteiger partial charge >= 0.3 is 0 Å². The first kappa shape index (κ1) is 19.8. The molecule has 4 heterocycles. The average molecular weight is 426 g/mol.